The number of hydrogen-bond donors (Lipinski definition) is 0. The summed E-state index contributed by atoms with van der Waals surface area (Å²) in [6, 6.07) is 31.8. The third kappa shape index (κ3) is 6.10. The highest BCUT2D eigenvalue weighted by atomic mass is 32.1. The molecule has 1 aliphatic heterocycles. The number of para-hydroxylation sites is 3. The van der Waals surface area contributed by atoms with Crippen molar-refractivity contribution in [3.63, 3.8) is 0 Å². The lowest BCUT2D eigenvalue weighted by Gasteiger charge is -2.27. The monoisotopic (exact) mass is 685 g/mol. The van der Waals surface area contributed by atoms with Gasteiger partial charge in [0.25, 0.3) is 5.56 Å². The van der Waals surface area contributed by atoms with Gasteiger partial charge < -0.3 is 23.5 Å². The standard InChI is InChI=1S/C40H35N3O6S/c1-4-48-39(45)34-35(26-14-7-5-8-15-26)41-40-43(36(34)30-19-13-21-32(46-2)37(30)47-3)38(44)33(50-40)24-27-25-42(31-20-12-11-18-29(27)31)22-23-49-28-16-9-6-10-17-28/h5-21,24-25,36H,4,22-23H2,1-3H3. The molecule has 0 bridgehead atoms. The Balaban J connectivity index is 1.42. The first-order valence-electron chi connectivity index (χ1n) is 16.3. The molecular weight excluding hydrogens is 651 g/mol. The van der Waals surface area contributed by atoms with E-state index in [-0.39, 0.29) is 17.7 Å². The highest BCUT2D eigenvalue weighted by Gasteiger charge is 2.37. The van der Waals surface area contributed by atoms with Crippen LogP contribution in [0.1, 0.15) is 29.7 Å². The minimum atomic E-state index is -0.913. The normalized spacial score (nSPS) is 14.3. The summed E-state index contributed by atoms with van der Waals surface area (Å²) in [5.41, 5.74) is 3.58. The van der Waals surface area contributed by atoms with Gasteiger partial charge in [0.2, 0.25) is 0 Å². The number of thiazole rings is 1. The summed E-state index contributed by atoms with van der Waals surface area (Å²) in [5.74, 6) is 1.12. The highest BCUT2D eigenvalue weighted by molar-refractivity contribution is 7.07. The lowest BCUT2D eigenvalue weighted by atomic mass is 9.92. The topological polar surface area (TPSA) is 93.3 Å². The minimum Gasteiger partial charge on any atom is -0.493 e. The van der Waals surface area contributed by atoms with Gasteiger partial charge in [-0.1, -0.05) is 90.2 Å². The number of aromatic nitrogens is 2. The number of fused-ring (bicyclic) bond motifs is 2. The van der Waals surface area contributed by atoms with Crippen molar-refractivity contribution in [3.8, 4) is 17.2 Å². The first-order valence-corrected chi connectivity index (χ1v) is 17.1. The zero-order chi connectivity index (χ0) is 34.6. The predicted molar refractivity (Wildman–Crippen MR) is 194 cm³/mol. The van der Waals surface area contributed by atoms with Crippen LogP contribution >= 0.6 is 11.3 Å². The number of carbonyl (C=O) groups excluding carboxylic acids is 1. The van der Waals surface area contributed by atoms with E-state index >= 15 is 0 Å². The fraction of sp³-hybridized carbons (Fsp3) is 0.175. The summed E-state index contributed by atoms with van der Waals surface area (Å²) in [6.45, 7) is 2.99. The van der Waals surface area contributed by atoms with E-state index in [4.69, 9.17) is 23.9 Å². The third-order valence-corrected chi connectivity index (χ3v) is 9.53. The third-order valence-electron chi connectivity index (χ3n) is 8.55. The van der Waals surface area contributed by atoms with E-state index in [1.165, 1.54) is 18.4 Å². The summed E-state index contributed by atoms with van der Waals surface area (Å²) in [5, 5.41) is 1.00. The van der Waals surface area contributed by atoms with Crippen LogP contribution in [0.15, 0.2) is 125 Å². The average molecular weight is 686 g/mol. The molecule has 252 valence electrons. The molecule has 7 rings (SSSR count). The van der Waals surface area contributed by atoms with Gasteiger partial charge in [-0.15, -0.1) is 0 Å². The summed E-state index contributed by atoms with van der Waals surface area (Å²) in [7, 11) is 3.09. The summed E-state index contributed by atoms with van der Waals surface area (Å²) >= 11 is 1.27. The Kier molecular flexibility index (Phi) is 9.35. The number of nitrogens with zero attached hydrogens (tertiary/aromatic N) is 3. The molecule has 0 radical (unpaired) electrons. The van der Waals surface area contributed by atoms with E-state index < -0.39 is 12.0 Å². The van der Waals surface area contributed by atoms with Crippen molar-refractivity contribution >= 4 is 40.0 Å². The van der Waals surface area contributed by atoms with Crippen LogP contribution in [0.4, 0.5) is 0 Å². The molecule has 1 atom stereocenters. The second-order valence-corrected chi connectivity index (χ2v) is 12.5. The van der Waals surface area contributed by atoms with Crippen molar-refractivity contribution in [1.29, 1.82) is 0 Å². The molecule has 1 aliphatic rings. The van der Waals surface area contributed by atoms with Gasteiger partial charge >= 0.3 is 5.97 Å². The second-order valence-electron chi connectivity index (χ2n) is 11.5. The molecule has 0 saturated heterocycles. The van der Waals surface area contributed by atoms with Crippen LogP contribution < -0.4 is 29.1 Å². The van der Waals surface area contributed by atoms with Crippen LogP contribution in [0, 0.1) is 0 Å². The average Bonchev–Trinajstić information content (AvgIpc) is 3.67. The predicted octanol–water partition coefficient (Wildman–Crippen LogP) is 5.99. The second kappa shape index (κ2) is 14.3. The number of methoxy groups -OCH3 is 2. The van der Waals surface area contributed by atoms with Gasteiger partial charge in [-0.25, -0.2) is 9.79 Å². The Morgan fingerprint density at radius 1 is 0.900 bits per heavy atom. The Morgan fingerprint density at radius 3 is 2.38 bits per heavy atom. The van der Waals surface area contributed by atoms with Crippen LogP contribution in [0.25, 0.3) is 22.7 Å². The number of hydrogen-bond acceptors (Lipinski definition) is 8. The molecule has 0 amide bonds. The van der Waals surface area contributed by atoms with Crippen molar-refractivity contribution in [1.82, 2.24) is 9.13 Å². The minimum absolute atomic E-state index is 0.150. The molecule has 0 saturated carbocycles. The first kappa shape index (κ1) is 32.7. The van der Waals surface area contributed by atoms with Gasteiger partial charge in [-0.05, 0) is 37.3 Å². The van der Waals surface area contributed by atoms with Crippen LogP contribution in [0.2, 0.25) is 0 Å². The molecule has 9 nitrogen and oxygen atoms in total. The Bertz CT molecular complexity index is 2390. The molecule has 0 N–H and O–H groups in total. The Hall–Kier alpha value is -5.87. The van der Waals surface area contributed by atoms with Gasteiger partial charge in [0, 0.05) is 33.8 Å². The molecule has 2 aromatic heterocycles. The van der Waals surface area contributed by atoms with Crippen LogP contribution in [-0.4, -0.2) is 42.5 Å². The number of benzene rings is 4. The summed E-state index contributed by atoms with van der Waals surface area (Å²) in [4.78, 5) is 34.0. The largest absolute Gasteiger partial charge is 0.493 e. The lowest BCUT2D eigenvalue weighted by molar-refractivity contribution is -0.138. The fourth-order valence-corrected chi connectivity index (χ4v) is 7.35. The fourth-order valence-electron chi connectivity index (χ4n) is 6.36. The van der Waals surface area contributed by atoms with Gasteiger partial charge in [-0.3, -0.25) is 9.36 Å². The van der Waals surface area contributed by atoms with Crippen molar-refractivity contribution in [3.05, 3.63) is 151 Å². The first-order chi connectivity index (χ1) is 24.5. The van der Waals surface area contributed by atoms with Gasteiger partial charge in [0.1, 0.15) is 18.4 Å². The van der Waals surface area contributed by atoms with Gasteiger partial charge in [0.15, 0.2) is 16.3 Å². The molecule has 10 heteroatoms. The van der Waals surface area contributed by atoms with Crippen LogP contribution in [0.3, 0.4) is 0 Å². The molecular formula is C40H35N3O6S. The zero-order valence-electron chi connectivity index (χ0n) is 27.9. The summed E-state index contributed by atoms with van der Waals surface area (Å²) < 4.78 is 27.3. The maximum atomic E-state index is 14.6. The van der Waals surface area contributed by atoms with E-state index in [1.54, 1.807) is 24.7 Å². The number of carbonyl (C=O) groups is 1. The van der Waals surface area contributed by atoms with Crippen LogP contribution in [-0.2, 0) is 16.1 Å². The van der Waals surface area contributed by atoms with Crippen molar-refractivity contribution in [2.75, 3.05) is 27.4 Å². The van der Waals surface area contributed by atoms with Crippen molar-refractivity contribution in [2.45, 2.75) is 19.5 Å². The molecule has 1 unspecified atom stereocenters. The van der Waals surface area contributed by atoms with Crippen LogP contribution in [0.5, 0.6) is 17.2 Å². The lowest BCUT2D eigenvalue weighted by Crippen LogP contribution is -2.40. The van der Waals surface area contributed by atoms with E-state index in [0.717, 1.165) is 27.8 Å². The van der Waals surface area contributed by atoms with E-state index in [1.807, 2.05) is 103 Å². The molecule has 0 spiro atoms. The van der Waals surface area contributed by atoms with E-state index in [9.17, 15) is 9.59 Å². The van der Waals surface area contributed by atoms with Crippen molar-refractivity contribution < 1.29 is 23.7 Å². The molecule has 4 aromatic carbocycles. The highest BCUT2D eigenvalue weighted by Crippen LogP contribution is 2.42. The molecule has 0 fully saturated rings. The summed E-state index contributed by atoms with van der Waals surface area (Å²) in [6.07, 6.45) is 3.94. The Labute approximate surface area is 292 Å². The number of esters is 1. The quantitative estimate of drug-likeness (QED) is 0.156. The SMILES string of the molecule is CCOC(=O)C1=C(c2ccccc2)N=c2sc(=Cc3cn(CCOc4ccccc4)c4ccccc34)c(=O)n2C1c1cccc(OC)c1OC. The smallest absolute Gasteiger partial charge is 0.338 e. The number of rotatable bonds is 11. The molecule has 3 heterocycles. The molecule has 50 heavy (non-hydrogen) atoms. The van der Waals surface area contributed by atoms with E-state index in [2.05, 4.69) is 10.6 Å². The van der Waals surface area contributed by atoms with Gasteiger partial charge in [-0.2, -0.15) is 0 Å². The van der Waals surface area contributed by atoms with Crippen molar-refractivity contribution in [2.24, 2.45) is 4.99 Å². The zero-order valence-corrected chi connectivity index (χ0v) is 28.7. The molecule has 6 aromatic rings. The molecule has 0 aliphatic carbocycles. The van der Waals surface area contributed by atoms with E-state index in [0.29, 0.717) is 45.2 Å². The maximum absolute atomic E-state index is 14.6. The Morgan fingerprint density at radius 2 is 1.64 bits per heavy atom. The number of ether oxygens (including phenoxy) is 4. The maximum Gasteiger partial charge on any atom is 0.338 e. The van der Waals surface area contributed by atoms with Gasteiger partial charge in [0.05, 0.1) is 43.2 Å².